The molecule has 8 nitrogen and oxygen atoms in total. The van der Waals surface area contributed by atoms with Gasteiger partial charge in [-0.3, -0.25) is 4.79 Å². The number of carboxylic acids is 1. The third-order valence-electron chi connectivity index (χ3n) is 4.48. The van der Waals surface area contributed by atoms with Crippen LogP contribution in [0.5, 0.6) is 11.5 Å². The number of aliphatic carboxylic acids is 1. The smallest absolute Gasteiger partial charge is 0.480 e. The molecule has 0 bridgehead atoms. The molecule has 154 valence electrons. The van der Waals surface area contributed by atoms with E-state index in [1.807, 2.05) is 0 Å². The third-order valence-corrected chi connectivity index (χ3v) is 6.09. The number of hydrogen-bond donors (Lipinski definition) is 2. The molecular weight excluding hydrogens is 395 g/mol. The standard InChI is InChI=1S/C20H23N2O6P/c1-15(19(23)22-14-8-13-18(22)20(24)25)21-29(26,27-16-9-4-2-5-10-16)28-17-11-6-3-7-12-17/h2-7,9-12,15,18H,8,13-14H2,1H3,(H,21,26)(H,24,25)/t15-,18+/m1/s1. The minimum atomic E-state index is -4.00. The van der Waals surface area contributed by atoms with Crippen LogP contribution in [0.25, 0.3) is 0 Å². The lowest BCUT2D eigenvalue weighted by atomic mass is 10.2. The highest BCUT2D eigenvalue weighted by molar-refractivity contribution is 7.52. The van der Waals surface area contributed by atoms with Crippen molar-refractivity contribution in [2.75, 3.05) is 6.54 Å². The summed E-state index contributed by atoms with van der Waals surface area (Å²) in [5.41, 5.74) is 0. The van der Waals surface area contributed by atoms with Crippen LogP contribution >= 0.6 is 7.75 Å². The molecule has 2 aromatic carbocycles. The first-order valence-electron chi connectivity index (χ1n) is 9.28. The molecule has 1 aliphatic rings. The number of nitrogens with zero attached hydrogens (tertiary/aromatic N) is 1. The Bertz CT molecular complexity index is 847. The van der Waals surface area contributed by atoms with Crippen LogP contribution in [-0.2, 0) is 14.2 Å². The summed E-state index contributed by atoms with van der Waals surface area (Å²) in [6.07, 6.45) is 1.00. The van der Waals surface area contributed by atoms with Crippen molar-refractivity contribution in [1.29, 1.82) is 0 Å². The van der Waals surface area contributed by atoms with Crippen molar-refractivity contribution in [2.45, 2.75) is 31.8 Å². The molecule has 1 amide bonds. The molecule has 1 aliphatic heterocycles. The normalized spacial score (nSPS) is 17.6. The van der Waals surface area contributed by atoms with E-state index >= 15 is 0 Å². The minimum Gasteiger partial charge on any atom is -0.480 e. The highest BCUT2D eigenvalue weighted by Gasteiger charge is 2.39. The van der Waals surface area contributed by atoms with Gasteiger partial charge in [-0.15, -0.1) is 0 Å². The van der Waals surface area contributed by atoms with Crippen LogP contribution in [0.4, 0.5) is 0 Å². The van der Waals surface area contributed by atoms with Gasteiger partial charge in [0.15, 0.2) is 0 Å². The maximum atomic E-state index is 13.5. The van der Waals surface area contributed by atoms with Gasteiger partial charge in [-0.25, -0.2) is 9.36 Å². The molecular formula is C20H23N2O6P. The predicted molar refractivity (Wildman–Crippen MR) is 107 cm³/mol. The molecule has 1 heterocycles. The number of carbonyl (C=O) groups is 2. The number of rotatable bonds is 8. The number of para-hydroxylation sites is 2. The third kappa shape index (κ3) is 5.37. The average Bonchev–Trinajstić information content (AvgIpc) is 3.18. The topological polar surface area (TPSA) is 105 Å². The van der Waals surface area contributed by atoms with Gasteiger partial charge in [-0.2, -0.15) is 5.09 Å². The summed E-state index contributed by atoms with van der Waals surface area (Å²) in [5, 5.41) is 12.0. The molecule has 9 heteroatoms. The number of likely N-dealkylation sites (tertiary alicyclic amines) is 1. The van der Waals surface area contributed by atoms with Crippen LogP contribution in [-0.4, -0.2) is 40.5 Å². The summed E-state index contributed by atoms with van der Waals surface area (Å²) >= 11 is 0. The molecule has 3 rings (SSSR count). The molecule has 2 atom stereocenters. The van der Waals surface area contributed by atoms with Crippen LogP contribution in [0, 0.1) is 0 Å². The van der Waals surface area contributed by atoms with Crippen LogP contribution in [0.15, 0.2) is 60.7 Å². The lowest BCUT2D eigenvalue weighted by Gasteiger charge is -2.28. The summed E-state index contributed by atoms with van der Waals surface area (Å²) in [5.74, 6) is -0.900. The summed E-state index contributed by atoms with van der Waals surface area (Å²) in [6.45, 7) is 1.85. The highest BCUT2D eigenvalue weighted by atomic mass is 31.2. The molecule has 0 unspecified atom stereocenters. The van der Waals surface area contributed by atoms with Gasteiger partial charge in [0.2, 0.25) is 5.91 Å². The van der Waals surface area contributed by atoms with Crippen molar-refractivity contribution in [3.8, 4) is 11.5 Å². The zero-order valence-corrected chi connectivity index (χ0v) is 16.8. The second-order valence-electron chi connectivity index (χ2n) is 6.68. The molecule has 0 radical (unpaired) electrons. The largest absolute Gasteiger partial charge is 0.513 e. The van der Waals surface area contributed by atoms with E-state index in [2.05, 4.69) is 5.09 Å². The van der Waals surface area contributed by atoms with Gasteiger partial charge < -0.3 is 19.1 Å². The quantitative estimate of drug-likeness (QED) is 0.634. The molecule has 0 spiro atoms. The molecule has 2 N–H and O–H groups in total. The van der Waals surface area contributed by atoms with Crippen LogP contribution < -0.4 is 14.1 Å². The predicted octanol–water partition coefficient (Wildman–Crippen LogP) is 3.31. The minimum absolute atomic E-state index is 0.309. The fourth-order valence-electron chi connectivity index (χ4n) is 3.14. The second-order valence-corrected chi connectivity index (χ2v) is 8.30. The fraction of sp³-hybridized carbons (Fsp3) is 0.300. The Kier molecular flexibility index (Phi) is 6.56. The molecule has 0 aromatic heterocycles. The fourth-order valence-corrected chi connectivity index (χ4v) is 4.67. The Morgan fingerprint density at radius 2 is 1.59 bits per heavy atom. The molecule has 29 heavy (non-hydrogen) atoms. The van der Waals surface area contributed by atoms with E-state index in [4.69, 9.17) is 9.05 Å². The van der Waals surface area contributed by atoms with Gasteiger partial charge in [0.1, 0.15) is 17.5 Å². The van der Waals surface area contributed by atoms with Gasteiger partial charge in [0.05, 0.1) is 6.04 Å². The zero-order chi connectivity index (χ0) is 20.9. The van der Waals surface area contributed by atoms with Crippen molar-refractivity contribution in [2.24, 2.45) is 0 Å². The second kappa shape index (κ2) is 9.11. The van der Waals surface area contributed by atoms with Gasteiger partial charge in [0.25, 0.3) is 0 Å². The van der Waals surface area contributed by atoms with E-state index in [0.717, 1.165) is 0 Å². The summed E-state index contributed by atoms with van der Waals surface area (Å²) in [7, 11) is -4.00. The maximum Gasteiger partial charge on any atom is 0.513 e. The van der Waals surface area contributed by atoms with E-state index in [-0.39, 0.29) is 0 Å². The number of benzene rings is 2. The van der Waals surface area contributed by atoms with Gasteiger partial charge in [-0.1, -0.05) is 36.4 Å². The van der Waals surface area contributed by atoms with Crippen molar-refractivity contribution in [3.05, 3.63) is 60.7 Å². The Morgan fingerprint density at radius 1 is 1.07 bits per heavy atom. The van der Waals surface area contributed by atoms with Gasteiger partial charge >= 0.3 is 13.7 Å². The summed E-state index contributed by atoms with van der Waals surface area (Å²) in [6, 6.07) is 15.1. The maximum absolute atomic E-state index is 13.5. The van der Waals surface area contributed by atoms with Gasteiger partial charge in [-0.05, 0) is 44.0 Å². The number of carbonyl (C=O) groups excluding carboxylic acids is 1. The van der Waals surface area contributed by atoms with Crippen molar-refractivity contribution < 1.29 is 28.3 Å². The van der Waals surface area contributed by atoms with Crippen LogP contribution in [0.2, 0.25) is 0 Å². The van der Waals surface area contributed by atoms with E-state index in [1.54, 1.807) is 60.7 Å². The van der Waals surface area contributed by atoms with E-state index in [0.29, 0.717) is 30.9 Å². The van der Waals surface area contributed by atoms with Crippen molar-refractivity contribution >= 4 is 19.6 Å². The lowest BCUT2D eigenvalue weighted by Crippen LogP contribution is -2.48. The molecule has 1 saturated heterocycles. The number of nitrogens with one attached hydrogen (secondary N) is 1. The number of carboxylic acid groups (broad SMARTS) is 1. The SMILES string of the molecule is C[C@@H](NP(=O)(Oc1ccccc1)Oc1ccccc1)C(=O)N1CCC[C@H]1C(=O)O. The molecule has 2 aromatic rings. The number of hydrogen-bond acceptors (Lipinski definition) is 5. The highest BCUT2D eigenvalue weighted by Crippen LogP contribution is 2.45. The molecule has 0 aliphatic carbocycles. The Balaban J connectivity index is 1.79. The molecule has 1 fully saturated rings. The summed E-state index contributed by atoms with van der Waals surface area (Å²) in [4.78, 5) is 25.5. The van der Waals surface area contributed by atoms with E-state index < -0.39 is 31.7 Å². The Morgan fingerprint density at radius 3 is 2.07 bits per heavy atom. The Hall–Kier alpha value is -2.83. The van der Waals surface area contributed by atoms with E-state index in [9.17, 15) is 19.3 Å². The zero-order valence-electron chi connectivity index (χ0n) is 15.9. The lowest BCUT2D eigenvalue weighted by molar-refractivity contribution is -0.148. The van der Waals surface area contributed by atoms with Crippen molar-refractivity contribution in [1.82, 2.24) is 9.99 Å². The average molecular weight is 418 g/mol. The van der Waals surface area contributed by atoms with Crippen LogP contribution in [0.1, 0.15) is 19.8 Å². The van der Waals surface area contributed by atoms with Crippen LogP contribution in [0.3, 0.4) is 0 Å². The first kappa shape index (κ1) is 20.9. The molecule has 0 saturated carbocycles. The first-order chi connectivity index (χ1) is 13.9. The van der Waals surface area contributed by atoms with Gasteiger partial charge in [0, 0.05) is 6.54 Å². The summed E-state index contributed by atoms with van der Waals surface area (Å²) < 4.78 is 24.7. The van der Waals surface area contributed by atoms with E-state index in [1.165, 1.54) is 11.8 Å². The Labute approximate surface area is 169 Å². The first-order valence-corrected chi connectivity index (χ1v) is 10.8. The van der Waals surface area contributed by atoms with Crippen molar-refractivity contribution in [3.63, 3.8) is 0 Å². The monoisotopic (exact) mass is 418 g/mol. The number of amides is 1.